The van der Waals surface area contributed by atoms with Crippen LogP contribution in [0.1, 0.15) is 0 Å². The summed E-state index contributed by atoms with van der Waals surface area (Å²) < 4.78 is 0. The number of carbonyl (C=O) groups excluding carboxylic acids is 1. The molecule has 0 aromatic rings. The molecule has 0 saturated heterocycles. The maximum absolute atomic E-state index is 10.4. The lowest BCUT2D eigenvalue weighted by Crippen LogP contribution is -2.05. The highest BCUT2D eigenvalue weighted by Gasteiger charge is 2.27. The van der Waals surface area contributed by atoms with E-state index in [1.165, 1.54) is 0 Å². The summed E-state index contributed by atoms with van der Waals surface area (Å²) in [7, 11) is 0. The van der Waals surface area contributed by atoms with Crippen molar-refractivity contribution in [3.63, 3.8) is 0 Å². The van der Waals surface area contributed by atoms with Crippen molar-refractivity contribution in [2.24, 2.45) is 15.9 Å². The molecule has 0 spiro atoms. The van der Waals surface area contributed by atoms with E-state index in [0.717, 1.165) is 11.8 Å². The van der Waals surface area contributed by atoms with Gasteiger partial charge >= 0.3 is 0 Å². The first-order valence-electron chi connectivity index (χ1n) is 2.11. The predicted octanol–water partition coefficient (Wildman–Crippen LogP) is -0.333. The molecule has 6 heteroatoms. The van der Waals surface area contributed by atoms with Gasteiger partial charge in [0.2, 0.25) is 5.37 Å². The van der Waals surface area contributed by atoms with E-state index in [9.17, 15) is 9.70 Å². The molecule has 1 heterocycles. The highest BCUT2D eigenvalue weighted by atomic mass is 32.2. The Morgan fingerprint density at radius 1 is 1.78 bits per heavy atom. The molecule has 0 fully saturated rings. The van der Waals surface area contributed by atoms with E-state index in [-0.39, 0.29) is 5.17 Å². The number of nitroso groups, excluding NO2 is 1. The fraction of sp³-hybridized carbons (Fsp3) is 0.333. The molecular weight excluding hydrogens is 142 g/mol. The summed E-state index contributed by atoms with van der Waals surface area (Å²) in [5, 5.41) is 1.66. The maximum atomic E-state index is 10.4. The van der Waals surface area contributed by atoms with Gasteiger partial charge < -0.3 is 5.73 Å². The Morgan fingerprint density at radius 2 is 2.44 bits per heavy atom. The molecule has 9 heavy (non-hydrogen) atoms. The monoisotopic (exact) mass is 145 g/mol. The Hall–Kier alpha value is -0.910. The van der Waals surface area contributed by atoms with E-state index in [4.69, 9.17) is 5.73 Å². The van der Waals surface area contributed by atoms with Gasteiger partial charge in [0.15, 0.2) is 5.17 Å². The lowest BCUT2D eigenvalue weighted by atomic mass is 10.6. The minimum atomic E-state index is -0.940. The van der Waals surface area contributed by atoms with Crippen LogP contribution in [0.4, 0.5) is 0 Å². The quantitative estimate of drug-likeness (QED) is 0.512. The first-order chi connectivity index (χ1) is 4.24. The van der Waals surface area contributed by atoms with Crippen molar-refractivity contribution < 1.29 is 4.79 Å². The van der Waals surface area contributed by atoms with E-state index in [2.05, 4.69) is 10.2 Å². The molecule has 0 bridgehead atoms. The zero-order valence-corrected chi connectivity index (χ0v) is 5.09. The summed E-state index contributed by atoms with van der Waals surface area (Å²) in [6.07, 6.45) is 0. The Labute approximate surface area is 54.7 Å². The fourth-order valence-electron chi connectivity index (χ4n) is 0.422. The normalized spacial score (nSPS) is 26.0. The Morgan fingerprint density at radius 3 is 2.67 bits per heavy atom. The smallest absolute Gasteiger partial charge is 0.287 e. The van der Waals surface area contributed by atoms with Crippen LogP contribution in [-0.4, -0.2) is 16.4 Å². The topological polar surface area (TPSA) is 84.9 Å². The first kappa shape index (κ1) is 6.21. The number of hydrogen-bond donors (Lipinski definition) is 1. The van der Waals surface area contributed by atoms with Crippen LogP contribution < -0.4 is 5.73 Å². The van der Waals surface area contributed by atoms with Crippen molar-refractivity contribution in [2.75, 3.05) is 0 Å². The van der Waals surface area contributed by atoms with Crippen molar-refractivity contribution in [2.45, 2.75) is 5.37 Å². The molecule has 0 aromatic carbocycles. The molecule has 1 aliphatic rings. The number of amides is 1. The standard InChI is InChI=1S/C3H3N3O2S/c4-3-5-1(7)2(6-8)9-3/h2H,(H2,4,5,7). The van der Waals surface area contributed by atoms with Crippen LogP contribution in [0.25, 0.3) is 0 Å². The van der Waals surface area contributed by atoms with Crippen molar-refractivity contribution in [1.82, 2.24) is 0 Å². The maximum Gasteiger partial charge on any atom is 0.287 e. The third-order valence-electron chi connectivity index (χ3n) is 0.760. The third-order valence-corrected chi connectivity index (χ3v) is 1.60. The highest BCUT2D eigenvalue weighted by Crippen LogP contribution is 2.19. The zero-order chi connectivity index (χ0) is 6.85. The zero-order valence-electron chi connectivity index (χ0n) is 4.27. The number of amidine groups is 1. The van der Waals surface area contributed by atoms with Gasteiger partial charge in [-0.1, -0.05) is 0 Å². The third kappa shape index (κ3) is 1.07. The van der Waals surface area contributed by atoms with Gasteiger partial charge in [0.1, 0.15) is 0 Å². The Balaban J connectivity index is 2.71. The molecule has 48 valence electrons. The molecule has 0 aliphatic carbocycles. The van der Waals surface area contributed by atoms with E-state index in [1.54, 1.807) is 0 Å². The number of nitrogens with two attached hydrogens (primary N) is 1. The van der Waals surface area contributed by atoms with Crippen molar-refractivity contribution in [3.05, 3.63) is 4.91 Å². The van der Waals surface area contributed by atoms with Crippen molar-refractivity contribution in [1.29, 1.82) is 0 Å². The van der Waals surface area contributed by atoms with Crippen molar-refractivity contribution in [3.8, 4) is 0 Å². The van der Waals surface area contributed by atoms with Gasteiger partial charge in [0, 0.05) is 0 Å². The van der Waals surface area contributed by atoms with Crippen LogP contribution in [-0.2, 0) is 4.79 Å². The molecule has 1 rings (SSSR count). The SMILES string of the molecule is NC1=NC(=O)C(N=O)S1. The summed E-state index contributed by atoms with van der Waals surface area (Å²) in [5.41, 5.74) is 5.08. The fourth-order valence-corrected chi connectivity index (χ4v) is 0.990. The van der Waals surface area contributed by atoms with E-state index in [0.29, 0.717) is 0 Å². The van der Waals surface area contributed by atoms with Crippen LogP contribution in [0, 0.1) is 4.91 Å². The van der Waals surface area contributed by atoms with Gasteiger partial charge in [-0.3, -0.25) is 4.79 Å². The summed E-state index contributed by atoms with van der Waals surface area (Å²) in [4.78, 5) is 23.4. The van der Waals surface area contributed by atoms with E-state index in [1.807, 2.05) is 0 Å². The summed E-state index contributed by atoms with van der Waals surface area (Å²) in [6.45, 7) is 0. The second-order valence-electron chi connectivity index (χ2n) is 1.36. The average Bonchev–Trinajstić information content (AvgIpc) is 2.10. The predicted molar refractivity (Wildman–Crippen MR) is 33.8 cm³/mol. The molecule has 2 N–H and O–H groups in total. The minimum absolute atomic E-state index is 0.115. The van der Waals surface area contributed by atoms with Crippen LogP contribution in [0.15, 0.2) is 10.2 Å². The van der Waals surface area contributed by atoms with Gasteiger partial charge in [-0.2, -0.15) is 4.99 Å². The summed E-state index contributed by atoms with van der Waals surface area (Å²) in [6, 6.07) is 0. The van der Waals surface area contributed by atoms with Crippen LogP contribution >= 0.6 is 11.8 Å². The van der Waals surface area contributed by atoms with E-state index < -0.39 is 11.3 Å². The molecular formula is C3H3N3O2S. The van der Waals surface area contributed by atoms with Gasteiger partial charge in [0.05, 0.1) is 0 Å². The molecule has 5 nitrogen and oxygen atoms in total. The summed E-state index contributed by atoms with van der Waals surface area (Å²) >= 11 is 0.873. The van der Waals surface area contributed by atoms with E-state index >= 15 is 0 Å². The molecule has 1 aliphatic heterocycles. The molecule has 1 atom stereocenters. The highest BCUT2D eigenvalue weighted by molar-refractivity contribution is 8.15. The second kappa shape index (κ2) is 2.14. The molecule has 0 aromatic heterocycles. The van der Waals surface area contributed by atoms with Crippen LogP contribution in [0.2, 0.25) is 0 Å². The van der Waals surface area contributed by atoms with Gasteiger partial charge in [-0.05, 0) is 16.9 Å². The molecule has 1 amide bonds. The molecule has 1 unspecified atom stereocenters. The number of nitrogens with zero attached hydrogens (tertiary/aromatic N) is 2. The second-order valence-corrected chi connectivity index (χ2v) is 2.46. The Bertz CT molecular complexity index is 189. The minimum Gasteiger partial charge on any atom is -0.378 e. The van der Waals surface area contributed by atoms with Crippen molar-refractivity contribution >= 4 is 22.8 Å². The number of carbonyl (C=O) groups is 1. The van der Waals surface area contributed by atoms with Gasteiger partial charge in [0.25, 0.3) is 5.91 Å². The van der Waals surface area contributed by atoms with Crippen LogP contribution in [0.3, 0.4) is 0 Å². The average molecular weight is 145 g/mol. The lowest BCUT2D eigenvalue weighted by molar-refractivity contribution is -0.116. The van der Waals surface area contributed by atoms with Crippen LogP contribution in [0.5, 0.6) is 0 Å². The van der Waals surface area contributed by atoms with Gasteiger partial charge in [-0.25, -0.2) is 0 Å². The molecule has 0 radical (unpaired) electrons. The number of hydrogen-bond acceptors (Lipinski definition) is 5. The molecule has 0 saturated carbocycles. The largest absolute Gasteiger partial charge is 0.378 e. The first-order valence-corrected chi connectivity index (χ1v) is 2.99. The number of aliphatic imine (C=N–C) groups is 1. The number of rotatable bonds is 1. The Kier molecular flexibility index (Phi) is 1.48. The number of thioether (sulfide) groups is 1. The lowest BCUT2D eigenvalue weighted by Gasteiger charge is -1.88. The van der Waals surface area contributed by atoms with Gasteiger partial charge in [-0.15, -0.1) is 4.91 Å². The summed E-state index contributed by atoms with van der Waals surface area (Å²) in [5.74, 6) is -0.562.